The second kappa shape index (κ2) is 6.08. The number of ketones is 1. The third kappa shape index (κ3) is 2.88. The summed E-state index contributed by atoms with van der Waals surface area (Å²) in [5.74, 6) is -1.42. The van der Waals surface area contributed by atoms with Gasteiger partial charge in [0, 0.05) is 35.6 Å². The van der Waals surface area contributed by atoms with Crippen molar-refractivity contribution in [3.63, 3.8) is 0 Å². The number of carboxylic acid groups (broad SMARTS) is 1. The van der Waals surface area contributed by atoms with E-state index < -0.39 is 12.0 Å². The van der Waals surface area contributed by atoms with Gasteiger partial charge in [-0.3, -0.25) is 9.59 Å². The fourth-order valence-electron chi connectivity index (χ4n) is 2.83. The van der Waals surface area contributed by atoms with Crippen LogP contribution in [-0.4, -0.2) is 45.2 Å². The first kappa shape index (κ1) is 15.0. The maximum Gasteiger partial charge on any atom is 0.326 e. The molecule has 0 spiro atoms. The van der Waals surface area contributed by atoms with Crippen LogP contribution in [-0.2, 0) is 4.79 Å². The molecule has 1 aromatic heterocycles. The Labute approximate surface area is 132 Å². The highest BCUT2D eigenvalue weighted by Gasteiger charge is 2.34. The number of aromatic nitrogens is 1. The van der Waals surface area contributed by atoms with E-state index in [1.807, 2.05) is 0 Å². The van der Waals surface area contributed by atoms with Crippen molar-refractivity contribution in [3.8, 4) is 0 Å². The SMILES string of the molecule is O=C(c1ccc(C(=O)N2CCC[C@H]2C(=O)O)cc1)c1cc[nH]c1. The van der Waals surface area contributed by atoms with Crippen LogP contribution in [0.2, 0.25) is 0 Å². The van der Waals surface area contributed by atoms with Crippen molar-refractivity contribution in [2.75, 3.05) is 6.54 Å². The van der Waals surface area contributed by atoms with Gasteiger partial charge in [-0.2, -0.15) is 0 Å². The Morgan fingerprint density at radius 3 is 2.35 bits per heavy atom. The number of carboxylic acids is 1. The summed E-state index contributed by atoms with van der Waals surface area (Å²) in [6.45, 7) is 0.444. The highest BCUT2D eigenvalue weighted by atomic mass is 16.4. The molecule has 1 aliphatic rings. The van der Waals surface area contributed by atoms with Crippen molar-refractivity contribution in [3.05, 3.63) is 59.4 Å². The second-order valence-corrected chi connectivity index (χ2v) is 5.50. The van der Waals surface area contributed by atoms with Crippen LogP contribution in [0.25, 0.3) is 0 Å². The molecule has 0 unspecified atom stereocenters. The number of aliphatic carboxylic acids is 1. The number of likely N-dealkylation sites (tertiary alicyclic amines) is 1. The number of nitrogens with one attached hydrogen (secondary N) is 1. The molecule has 1 aliphatic heterocycles. The van der Waals surface area contributed by atoms with Crippen molar-refractivity contribution in [1.82, 2.24) is 9.88 Å². The van der Waals surface area contributed by atoms with Gasteiger partial charge in [-0.15, -0.1) is 0 Å². The van der Waals surface area contributed by atoms with E-state index in [-0.39, 0.29) is 11.7 Å². The Morgan fingerprint density at radius 1 is 1.04 bits per heavy atom. The largest absolute Gasteiger partial charge is 0.480 e. The lowest BCUT2D eigenvalue weighted by atomic mass is 10.0. The van der Waals surface area contributed by atoms with Crippen LogP contribution >= 0.6 is 0 Å². The fourth-order valence-corrected chi connectivity index (χ4v) is 2.83. The number of hydrogen-bond acceptors (Lipinski definition) is 3. The van der Waals surface area contributed by atoms with Gasteiger partial charge in [0.05, 0.1) is 0 Å². The Morgan fingerprint density at radius 2 is 1.74 bits per heavy atom. The quantitative estimate of drug-likeness (QED) is 0.844. The molecule has 6 nitrogen and oxygen atoms in total. The van der Waals surface area contributed by atoms with E-state index in [4.69, 9.17) is 5.11 Å². The molecule has 3 rings (SSSR count). The maximum absolute atomic E-state index is 12.4. The molecular weight excluding hydrogens is 296 g/mol. The summed E-state index contributed by atoms with van der Waals surface area (Å²) >= 11 is 0. The van der Waals surface area contributed by atoms with E-state index >= 15 is 0 Å². The van der Waals surface area contributed by atoms with Crippen LogP contribution in [0.4, 0.5) is 0 Å². The number of benzene rings is 1. The molecule has 118 valence electrons. The molecule has 2 heterocycles. The Balaban J connectivity index is 1.78. The number of nitrogens with zero attached hydrogens (tertiary/aromatic N) is 1. The van der Waals surface area contributed by atoms with Crippen LogP contribution < -0.4 is 0 Å². The van der Waals surface area contributed by atoms with Crippen molar-refractivity contribution < 1.29 is 19.5 Å². The molecular formula is C17H16N2O4. The Hall–Kier alpha value is -2.89. The standard InChI is InChI=1S/C17H16N2O4/c20-15(13-7-8-18-10-13)11-3-5-12(6-4-11)16(21)19-9-1-2-14(19)17(22)23/h3-8,10,14,18H,1-2,9H2,(H,22,23)/t14-/m0/s1. The van der Waals surface area contributed by atoms with Gasteiger partial charge in [-0.25, -0.2) is 4.79 Å². The van der Waals surface area contributed by atoms with Gasteiger partial charge in [-0.05, 0) is 31.0 Å². The highest BCUT2D eigenvalue weighted by Crippen LogP contribution is 2.21. The summed E-state index contributed by atoms with van der Waals surface area (Å²) in [5, 5.41) is 9.16. The summed E-state index contributed by atoms with van der Waals surface area (Å²) < 4.78 is 0. The van der Waals surface area contributed by atoms with Gasteiger partial charge < -0.3 is 15.0 Å². The molecule has 0 radical (unpaired) electrons. The molecule has 1 saturated heterocycles. The van der Waals surface area contributed by atoms with Crippen LogP contribution in [0.15, 0.2) is 42.7 Å². The van der Waals surface area contributed by atoms with Gasteiger partial charge in [0.1, 0.15) is 6.04 Å². The zero-order valence-electron chi connectivity index (χ0n) is 12.4. The molecule has 1 amide bonds. The number of carbonyl (C=O) groups excluding carboxylic acids is 2. The smallest absolute Gasteiger partial charge is 0.326 e. The minimum atomic E-state index is -0.977. The number of amides is 1. The molecule has 0 aliphatic carbocycles. The molecule has 0 saturated carbocycles. The van der Waals surface area contributed by atoms with Crippen LogP contribution in [0, 0.1) is 0 Å². The molecule has 1 aromatic carbocycles. The van der Waals surface area contributed by atoms with Gasteiger partial charge in [0.2, 0.25) is 0 Å². The average molecular weight is 312 g/mol. The lowest BCUT2D eigenvalue weighted by molar-refractivity contribution is -0.141. The van der Waals surface area contributed by atoms with E-state index in [2.05, 4.69) is 4.98 Å². The molecule has 0 bridgehead atoms. The van der Waals surface area contributed by atoms with Gasteiger partial charge in [-0.1, -0.05) is 12.1 Å². The topological polar surface area (TPSA) is 90.5 Å². The minimum Gasteiger partial charge on any atom is -0.480 e. The minimum absolute atomic E-state index is 0.130. The van der Waals surface area contributed by atoms with Gasteiger partial charge in [0.25, 0.3) is 5.91 Å². The van der Waals surface area contributed by atoms with E-state index in [1.54, 1.807) is 42.7 Å². The summed E-state index contributed by atoms with van der Waals surface area (Å²) in [7, 11) is 0. The Bertz CT molecular complexity index is 734. The summed E-state index contributed by atoms with van der Waals surface area (Å²) in [6.07, 6.45) is 4.45. The van der Waals surface area contributed by atoms with Crippen LogP contribution in [0.3, 0.4) is 0 Å². The number of hydrogen-bond donors (Lipinski definition) is 2. The third-order valence-corrected chi connectivity index (χ3v) is 4.05. The van der Waals surface area contributed by atoms with Crippen LogP contribution in [0.1, 0.15) is 39.1 Å². The monoisotopic (exact) mass is 312 g/mol. The lowest BCUT2D eigenvalue weighted by Gasteiger charge is -2.21. The number of aromatic amines is 1. The summed E-state index contributed by atoms with van der Waals surface area (Å²) in [5.41, 5.74) is 1.43. The predicted octanol–water partition coefficient (Wildman–Crippen LogP) is 1.93. The zero-order valence-corrected chi connectivity index (χ0v) is 12.4. The molecule has 2 aromatic rings. The van der Waals surface area contributed by atoms with Crippen LogP contribution in [0.5, 0.6) is 0 Å². The first-order chi connectivity index (χ1) is 11.1. The molecule has 2 N–H and O–H groups in total. The highest BCUT2D eigenvalue weighted by molar-refractivity contribution is 6.09. The molecule has 6 heteroatoms. The molecule has 23 heavy (non-hydrogen) atoms. The molecule has 1 fully saturated rings. The third-order valence-electron chi connectivity index (χ3n) is 4.05. The Kier molecular flexibility index (Phi) is 3.97. The zero-order chi connectivity index (χ0) is 16.4. The maximum atomic E-state index is 12.4. The van der Waals surface area contributed by atoms with Crippen molar-refractivity contribution in [2.24, 2.45) is 0 Å². The predicted molar refractivity (Wildman–Crippen MR) is 82.4 cm³/mol. The molecule has 1 atom stereocenters. The van der Waals surface area contributed by atoms with E-state index in [0.29, 0.717) is 36.1 Å². The van der Waals surface area contributed by atoms with Crippen molar-refractivity contribution >= 4 is 17.7 Å². The number of rotatable bonds is 4. The van der Waals surface area contributed by atoms with Gasteiger partial charge >= 0.3 is 5.97 Å². The average Bonchev–Trinajstić information content (AvgIpc) is 3.24. The van der Waals surface area contributed by atoms with Crippen molar-refractivity contribution in [2.45, 2.75) is 18.9 Å². The lowest BCUT2D eigenvalue weighted by Crippen LogP contribution is -2.40. The van der Waals surface area contributed by atoms with E-state index in [0.717, 1.165) is 0 Å². The normalized spacial score (nSPS) is 17.2. The first-order valence-corrected chi connectivity index (χ1v) is 7.39. The number of carbonyl (C=O) groups is 3. The van der Waals surface area contributed by atoms with Crippen molar-refractivity contribution in [1.29, 1.82) is 0 Å². The summed E-state index contributed by atoms with van der Waals surface area (Å²) in [4.78, 5) is 40.0. The number of H-pyrrole nitrogens is 1. The second-order valence-electron chi connectivity index (χ2n) is 5.50. The first-order valence-electron chi connectivity index (χ1n) is 7.39. The fraction of sp³-hybridized carbons (Fsp3) is 0.235. The summed E-state index contributed by atoms with van der Waals surface area (Å²) in [6, 6.07) is 7.24. The van der Waals surface area contributed by atoms with E-state index in [1.165, 1.54) is 4.90 Å². The van der Waals surface area contributed by atoms with Gasteiger partial charge in [0.15, 0.2) is 5.78 Å². The van der Waals surface area contributed by atoms with E-state index in [9.17, 15) is 14.4 Å².